The number of aromatic nitrogens is 2. The Hall–Kier alpha value is -2.08. The van der Waals surface area contributed by atoms with Gasteiger partial charge in [0.05, 0.1) is 10.9 Å². The van der Waals surface area contributed by atoms with Crippen LogP contribution in [0.1, 0.15) is 36.6 Å². The first kappa shape index (κ1) is 16.8. The number of hydrogen-bond donors (Lipinski definition) is 2. The monoisotopic (exact) mass is 343 g/mol. The van der Waals surface area contributed by atoms with E-state index >= 15 is 0 Å². The van der Waals surface area contributed by atoms with Gasteiger partial charge in [0.2, 0.25) is 5.91 Å². The first-order valence-corrected chi connectivity index (χ1v) is 9.08. The standard InChI is InChI=1S/C18H21N3O2S/c1-11-7-3-5-9-14(11)19-16(22)12(2)24-18-20-15-10-6-4-8-13(15)17(23)21-18/h3,5,7,9,12H,4,6,8,10H2,1-2H3,(H,19,22)(H,20,21,23). The molecule has 0 saturated heterocycles. The lowest BCUT2D eigenvalue weighted by Gasteiger charge is -2.16. The predicted octanol–water partition coefficient (Wildman–Crippen LogP) is 3.08. The highest BCUT2D eigenvalue weighted by molar-refractivity contribution is 8.00. The first-order chi connectivity index (χ1) is 11.5. The Morgan fingerprint density at radius 2 is 2.04 bits per heavy atom. The first-order valence-electron chi connectivity index (χ1n) is 8.20. The molecule has 1 aromatic heterocycles. The molecule has 0 fully saturated rings. The van der Waals surface area contributed by atoms with Crippen molar-refractivity contribution in [3.05, 3.63) is 51.4 Å². The second-order valence-corrected chi connectivity index (χ2v) is 7.40. The van der Waals surface area contributed by atoms with Gasteiger partial charge < -0.3 is 10.3 Å². The molecule has 0 aliphatic heterocycles. The average Bonchev–Trinajstić information content (AvgIpc) is 2.57. The minimum absolute atomic E-state index is 0.0614. The van der Waals surface area contributed by atoms with Gasteiger partial charge in [-0.2, -0.15) is 0 Å². The summed E-state index contributed by atoms with van der Waals surface area (Å²) in [6, 6.07) is 7.66. The predicted molar refractivity (Wildman–Crippen MR) is 96.6 cm³/mol. The van der Waals surface area contributed by atoms with Crippen LogP contribution in [0.15, 0.2) is 34.2 Å². The van der Waals surface area contributed by atoms with Crippen molar-refractivity contribution in [1.29, 1.82) is 0 Å². The number of para-hydroxylation sites is 1. The average molecular weight is 343 g/mol. The summed E-state index contributed by atoms with van der Waals surface area (Å²) in [5, 5.41) is 3.10. The minimum atomic E-state index is -0.352. The van der Waals surface area contributed by atoms with Crippen LogP contribution in [0.4, 0.5) is 5.69 Å². The van der Waals surface area contributed by atoms with Crippen LogP contribution >= 0.6 is 11.8 Å². The molecular weight excluding hydrogens is 322 g/mol. The molecule has 6 heteroatoms. The maximum absolute atomic E-state index is 12.4. The molecule has 1 aromatic carbocycles. The van der Waals surface area contributed by atoms with Crippen LogP contribution in [0.25, 0.3) is 0 Å². The second-order valence-electron chi connectivity index (χ2n) is 6.07. The molecule has 3 rings (SSSR count). The quantitative estimate of drug-likeness (QED) is 0.661. The molecule has 1 amide bonds. The maximum atomic E-state index is 12.4. The number of nitrogens with zero attached hydrogens (tertiary/aromatic N) is 1. The summed E-state index contributed by atoms with van der Waals surface area (Å²) in [7, 11) is 0. The van der Waals surface area contributed by atoms with Gasteiger partial charge in [0, 0.05) is 11.3 Å². The highest BCUT2D eigenvalue weighted by Gasteiger charge is 2.20. The molecule has 126 valence electrons. The van der Waals surface area contributed by atoms with E-state index in [-0.39, 0.29) is 16.7 Å². The fourth-order valence-corrected chi connectivity index (χ4v) is 3.62. The highest BCUT2D eigenvalue weighted by Crippen LogP contribution is 2.23. The number of aryl methyl sites for hydroxylation is 2. The molecule has 0 radical (unpaired) electrons. The Kier molecular flexibility index (Phi) is 5.04. The molecule has 2 N–H and O–H groups in total. The number of nitrogens with one attached hydrogen (secondary N) is 2. The lowest BCUT2D eigenvalue weighted by Crippen LogP contribution is -2.25. The van der Waals surface area contributed by atoms with Gasteiger partial charge in [0.25, 0.3) is 5.56 Å². The van der Waals surface area contributed by atoms with E-state index in [4.69, 9.17) is 0 Å². The van der Waals surface area contributed by atoms with Crippen LogP contribution in [-0.2, 0) is 17.6 Å². The molecule has 1 atom stereocenters. The van der Waals surface area contributed by atoms with E-state index in [1.54, 1.807) is 0 Å². The lowest BCUT2D eigenvalue weighted by atomic mass is 9.97. The number of H-pyrrole nitrogens is 1. The van der Waals surface area contributed by atoms with Crippen molar-refractivity contribution in [2.75, 3.05) is 5.32 Å². The van der Waals surface area contributed by atoms with Crippen molar-refractivity contribution in [3.63, 3.8) is 0 Å². The summed E-state index contributed by atoms with van der Waals surface area (Å²) in [5.74, 6) is -0.102. The fourth-order valence-electron chi connectivity index (χ4n) is 2.80. The van der Waals surface area contributed by atoms with Crippen LogP contribution in [0, 0.1) is 6.92 Å². The number of carbonyl (C=O) groups is 1. The van der Waals surface area contributed by atoms with Gasteiger partial charge in [-0.25, -0.2) is 4.98 Å². The Morgan fingerprint density at radius 3 is 2.83 bits per heavy atom. The van der Waals surface area contributed by atoms with E-state index in [1.807, 2.05) is 38.1 Å². The molecule has 0 saturated carbocycles. The van der Waals surface area contributed by atoms with E-state index in [0.29, 0.717) is 5.16 Å². The summed E-state index contributed by atoms with van der Waals surface area (Å²) in [6.07, 6.45) is 3.75. The molecule has 1 aliphatic rings. The Labute approximate surface area is 145 Å². The van der Waals surface area contributed by atoms with Gasteiger partial charge in [0.1, 0.15) is 0 Å². The van der Waals surface area contributed by atoms with Crippen molar-refractivity contribution >= 4 is 23.4 Å². The number of amides is 1. The second kappa shape index (κ2) is 7.21. The Morgan fingerprint density at radius 1 is 1.29 bits per heavy atom. The summed E-state index contributed by atoms with van der Waals surface area (Å²) in [4.78, 5) is 31.9. The van der Waals surface area contributed by atoms with Crippen LogP contribution in [0.2, 0.25) is 0 Å². The molecule has 0 bridgehead atoms. The Bertz CT molecular complexity index is 816. The van der Waals surface area contributed by atoms with Crippen molar-refractivity contribution < 1.29 is 4.79 Å². The Balaban J connectivity index is 1.71. The molecule has 5 nitrogen and oxygen atoms in total. The lowest BCUT2D eigenvalue weighted by molar-refractivity contribution is -0.115. The maximum Gasteiger partial charge on any atom is 0.254 e. The largest absolute Gasteiger partial charge is 0.325 e. The molecule has 1 unspecified atom stereocenters. The number of carbonyl (C=O) groups excluding carboxylic acids is 1. The number of aromatic amines is 1. The van der Waals surface area contributed by atoms with Crippen LogP contribution in [0.3, 0.4) is 0 Å². The topological polar surface area (TPSA) is 74.8 Å². The molecule has 1 aliphatic carbocycles. The van der Waals surface area contributed by atoms with E-state index in [2.05, 4.69) is 15.3 Å². The zero-order valence-electron chi connectivity index (χ0n) is 13.9. The molecule has 1 heterocycles. The molecule has 2 aromatic rings. The SMILES string of the molecule is Cc1ccccc1NC(=O)C(C)Sc1nc2c(c(=O)[nH]1)CCCC2. The van der Waals surface area contributed by atoms with Crippen LogP contribution < -0.4 is 10.9 Å². The number of hydrogen-bond acceptors (Lipinski definition) is 4. The van der Waals surface area contributed by atoms with Crippen molar-refractivity contribution in [2.24, 2.45) is 0 Å². The number of rotatable bonds is 4. The summed E-state index contributed by atoms with van der Waals surface area (Å²) in [5.41, 5.74) is 3.46. The van der Waals surface area contributed by atoms with Gasteiger partial charge in [-0.15, -0.1) is 0 Å². The molecule has 24 heavy (non-hydrogen) atoms. The normalized spacial score (nSPS) is 14.8. The molecule has 0 spiro atoms. The summed E-state index contributed by atoms with van der Waals surface area (Å²) >= 11 is 1.29. The van der Waals surface area contributed by atoms with Gasteiger partial charge in [-0.3, -0.25) is 9.59 Å². The van der Waals surface area contributed by atoms with E-state index in [9.17, 15) is 9.59 Å². The number of anilines is 1. The van der Waals surface area contributed by atoms with Gasteiger partial charge in [-0.1, -0.05) is 30.0 Å². The van der Waals surface area contributed by atoms with Crippen LogP contribution in [-0.4, -0.2) is 21.1 Å². The van der Waals surface area contributed by atoms with Crippen molar-refractivity contribution in [2.45, 2.75) is 49.9 Å². The smallest absolute Gasteiger partial charge is 0.254 e. The van der Waals surface area contributed by atoms with Crippen molar-refractivity contribution in [3.8, 4) is 0 Å². The van der Waals surface area contributed by atoms with E-state index < -0.39 is 0 Å². The summed E-state index contributed by atoms with van der Waals surface area (Å²) < 4.78 is 0. The van der Waals surface area contributed by atoms with E-state index in [0.717, 1.165) is 48.2 Å². The highest BCUT2D eigenvalue weighted by atomic mass is 32.2. The van der Waals surface area contributed by atoms with Gasteiger partial charge in [0.15, 0.2) is 5.16 Å². The number of fused-ring (bicyclic) bond motifs is 1. The number of benzene rings is 1. The summed E-state index contributed by atoms with van der Waals surface area (Å²) in [6.45, 7) is 3.77. The third-order valence-electron chi connectivity index (χ3n) is 4.23. The van der Waals surface area contributed by atoms with Crippen LogP contribution in [0.5, 0.6) is 0 Å². The zero-order valence-corrected chi connectivity index (χ0v) is 14.7. The number of thioether (sulfide) groups is 1. The minimum Gasteiger partial charge on any atom is -0.325 e. The molecular formula is C18H21N3O2S. The third-order valence-corrected chi connectivity index (χ3v) is 5.21. The van der Waals surface area contributed by atoms with Gasteiger partial charge in [-0.05, 0) is 51.2 Å². The van der Waals surface area contributed by atoms with E-state index in [1.165, 1.54) is 11.8 Å². The van der Waals surface area contributed by atoms with Crippen molar-refractivity contribution in [1.82, 2.24) is 9.97 Å². The third kappa shape index (κ3) is 3.70. The van der Waals surface area contributed by atoms with Gasteiger partial charge >= 0.3 is 0 Å². The fraction of sp³-hybridized carbons (Fsp3) is 0.389. The zero-order chi connectivity index (χ0) is 17.1.